The molecular formula is C24H22N5O9S3+. The molecule has 5 aromatic rings. The first-order valence-electron chi connectivity index (χ1n) is 11.6. The summed E-state index contributed by atoms with van der Waals surface area (Å²) in [5.41, 5.74) is 1.60. The van der Waals surface area contributed by atoms with Gasteiger partial charge in [0, 0.05) is 16.7 Å². The van der Waals surface area contributed by atoms with Gasteiger partial charge in [-0.05, 0) is 63.6 Å². The summed E-state index contributed by atoms with van der Waals surface area (Å²) in [6, 6.07) is 11.5. The van der Waals surface area contributed by atoms with E-state index >= 15 is 0 Å². The number of nitrogens with zero attached hydrogens (tertiary/aromatic N) is 5. The summed E-state index contributed by atoms with van der Waals surface area (Å²) < 4.78 is 79.4. The van der Waals surface area contributed by atoms with Gasteiger partial charge in [0.15, 0.2) is 5.52 Å². The van der Waals surface area contributed by atoms with Gasteiger partial charge in [0.05, 0.1) is 31.1 Å². The Labute approximate surface area is 237 Å². The van der Waals surface area contributed by atoms with Gasteiger partial charge in [-0.3, -0.25) is 9.11 Å². The van der Waals surface area contributed by atoms with E-state index in [2.05, 4.69) is 15.2 Å². The molecule has 0 aliphatic heterocycles. The molecule has 0 spiro atoms. The molecule has 0 unspecified atom stereocenters. The lowest BCUT2D eigenvalue weighted by Crippen LogP contribution is -2.43. The van der Waals surface area contributed by atoms with E-state index in [4.69, 9.17) is 9.47 Å². The van der Waals surface area contributed by atoms with Crippen LogP contribution in [0.4, 0.5) is 0 Å². The Morgan fingerprint density at radius 2 is 1.63 bits per heavy atom. The molecule has 5 rings (SSSR count). The molecule has 14 nitrogen and oxygen atoms in total. The van der Waals surface area contributed by atoms with Crippen LogP contribution in [-0.2, 0) is 26.8 Å². The molecule has 0 saturated carbocycles. The van der Waals surface area contributed by atoms with E-state index in [0.717, 1.165) is 22.2 Å². The van der Waals surface area contributed by atoms with Gasteiger partial charge in [-0.15, -0.1) is 0 Å². The lowest BCUT2D eigenvalue weighted by Gasteiger charge is -2.07. The monoisotopic (exact) mass is 620 g/mol. The summed E-state index contributed by atoms with van der Waals surface area (Å²) in [5.74, 6) is 0.168. The molecule has 0 radical (unpaired) electrons. The molecule has 0 fully saturated rings. The van der Waals surface area contributed by atoms with Gasteiger partial charge in [0.2, 0.25) is 0 Å². The predicted octanol–water partition coefficient (Wildman–Crippen LogP) is 2.13. The van der Waals surface area contributed by atoms with Crippen molar-refractivity contribution in [3.8, 4) is 33.7 Å². The van der Waals surface area contributed by atoms with Crippen molar-refractivity contribution in [3.63, 3.8) is 0 Å². The third-order valence-electron chi connectivity index (χ3n) is 5.99. The van der Waals surface area contributed by atoms with E-state index in [-0.39, 0.29) is 34.6 Å². The Bertz CT molecular complexity index is 2000. The summed E-state index contributed by atoms with van der Waals surface area (Å²) in [4.78, 5) is 5.96. The lowest BCUT2D eigenvalue weighted by molar-refractivity contribution is -0.734. The van der Waals surface area contributed by atoms with Gasteiger partial charge in [-0.2, -0.15) is 16.8 Å². The van der Waals surface area contributed by atoms with E-state index in [1.807, 2.05) is 0 Å². The first-order chi connectivity index (χ1) is 19.3. The molecule has 2 aromatic heterocycles. The third-order valence-corrected chi connectivity index (χ3v) is 8.74. The summed E-state index contributed by atoms with van der Waals surface area (Å²) in [6.07, 6.45) is 0. The van der Waals surface area contributed by atoms with Crippen LogP contribution in [0.25, 0.3) is 32.4 Å². The standard InChI is InChI=1S/C24H21N5O9S3/c1-13-4-6-16(21(8-13)40(31,32)33)23-26-28(15-5-7-18(37-2)22(10-15)41(34,35)36)29(27-23)24-25-17-9-14(12-30)19(38-3)11-20(17)39-24/h4-11,30H,12H2,1-3H3,(H-,31,32,33,34,35,36)/p+1. The number of tetrazole rings is 1. The number of hydrogen-bond acceptors (Lipinski definition) is 11. The zero-order valence-corrected chi connectivity index (χ0v) is 24.0. The quantitative estimate of drug-likeness (QED) is 0.169. The van der Waals surface area contributed by atoms with Crippen molar-refractivity contribution in [3.05, 3.63) is 59.7 Å². The zero-order chi connectivity index (χ0) is 29.7. The highest BCUT2D eigenvalue weighted by molar-refractivity contribution is 7.86. The lowest BCUT2D eigenvalue weighted by atomic mass is 10.1. The largest absolute Gasteiger partial charge is 0.496 e. The van der Waals surface area contributed by atoms with Gasteiger partial charge < -0.3 is 14.6 Å². The van der Waals surface area contributed by atoms with Crippen LogP contribution in [0.3, 0.4) is 0 Å². The highest BCUT2D eigenvalue weighted by atomic mass is 32.2. The van der Waals surface area contributed by atoms with E-state index in [1.165, 1.54) is 43.3 Å². The number of rotatable bonds is 8. The number of thiazole rings is 1. The fourth-order valence-electron chi connectivity index (χ4n) is 4.09. The fourth-order valence-corrected chi connectivity index (χ4v) is 6.45. The topological polar surface area (TPSA) is 195 Å². The van der Waals surface area contributed by atoms with Crippen molar-refractivity contribution < 1.29 is 45.3 Å². The normalized spacial score (nSPS) is 12.1. The fraction of sp³-hybridized carbons (Fsp3) is 0.167. The smallest absolute Gasteiger partial charge is 0.365 e. The summed E-state index contributed by atoms with van der Waals surface area (Å²) >= 11 is 1.15. The molecule has 41 heavy (non-hydrogen) atoms. The minimum Gasteiger partial charge on any atom is -0.496 e. The van der Waals surface area contributed by atoms with Gasteiger partial charge in [0.25, 0.3) is 26.1 Å². The molecule has 0 amide bonds. The number of ether oxygens (including phenoxy) is 2. The number of benzene rings is 3. The second kappa shape index (κ2) is 10.4. The Morgan fingerprint density at radius 3 is 2.27 bits per heavy atom. The summed E-state index contributed by atoms with van der Waals surface area (Å²) in [5, 5.41) is 18.8. The Hall–Kier alpha value is -4.00. The van der Waals surface area contributed by atoms with Crippen LogP contribution in [0.15, 0.2) is 58.3 Å². The minimum absolute atomic E-state index is 0.0283. The predicted molar refractivity (Wildman–Crippen MR) is 145 cm³/mol. The van der Waals surface area contributed by atoms with Crippen molar-refractivity contribution in [2.75, 3.05) is 14.2 Å². The second-order valence-corrected chi connectivity index (χ2v) is 12.5. The van der Waals surface area contributed by atoms with Gasteiger partial charge in [-0.25, -0.2) is 0 Å². The molecular weight excluding hydrogens is 598 g/mol. The Morgan fingerprint density at radius 1 is 0.927 bits per heavy atom. The molecule has 3 aromatic carbocycles. The van der Waals surface area contributed by atoms with Crippen LogP contribution < -0.4 is 14.3 Å². The van der Waals surface area contributed by atoms with Crippen LogP contribution in [0.5, 0.6) is 11.5 Å². The first kappa shape index (κ1) is 28.5. The molecule has 0 aliphatic carbocycles. The molecule has 17 heteroatoms. The van der Waals surface area contributed by atoms with E-state index in [9.17, 15) is 31.0 Å². The maximum atomic E-state index is 12.2. The van der Waals surface area contributed by atoms with Gasteiger partial charge in [-0.1, -0.05) is 22.4 Å². The van der Waals surface area contributed by atoms with Crippen LogP contribution in [0.2, 0.25) is 0 Å². The molecule has 0 atom stereocenters. The molecule has 0 saturated heterocycles. The summed E-state index contributed by atoms with van der Waals surface area (Å²) in [7, 11) is -6.71. The second-order valence-electron chi connectivity index (χ2n) is 8.67. The number of aromatic nitrogens is 5. The molecule has 3 N–H and O–H groups in total. The average Bonchev–Trinajstić information content (AvgIpc) is 3.55. The average molecular weight is 621 g/mol. The number of methoxy groups -OCH3 is 2. The highest BCUT2D eigenvalue weighted by Gasteiger charge is 2.30. The van der Waals surface area contributed by atoms with E-state index in [1.54, 1.807) is 25.1 Å². The van der Waals surface area contributed by atoms with Gasteiger partial charge >= 0.3 is 5.13 Å². The van der Waals surface area contributed by atoms with E-state index < -0.39 is 30.0 Å². The van der Waals surface area contributed by atoms with E-state index in [0.29, 0.717) is 27.1 Å². The number of hydrogen-bond donors (Lipinski definition) is 3. The van der Waals surface area contributed by atoms with Gasteiger partial charge in [0.1, 0.15) is 27.0 Å². The highest BCUT2D eigenvalue weighted by Crippen LogP contribution is 2.32. The number of aliphatic hydroxyl groups excluding tert-OH is 1. The van der Waals surface area contributed by atoms with Crippen molar-refractivity contribution in [1.82, 2.24) is 20.0 Å². The van der Waals surface area contributed by atoms with Crippen LogP contribution in [0, 0.1) is 6.92 Å². The molecule has 2 heterocycles. The number of aliphatic hydroxyl groups is 1. The summed E-state index contributed by atoms with van der Waals surface area (Å²) in [6.45, 7) is 1.35. The Kier molecular flexibility index (Phi) is 7.26. The number of fused-ring (bicyclic) bond motifs is 1. The zero-order valence-electron chi connectivity index (χ0n) is 21.6. The third kappa shape index (κ3) is 5.37. The minimum atomic E-state index is -4.72. The first-order valence-corrected chi connectivity index (χ1v) is 15.3. The van der Waals surface area contributed by atoms with Crippen LogP contribution >= 0.6 is 11.3 Å². The number of aryl methyl sites for hydroxylation is 1. The Balaban J connectivity index is 1.81. The van der Waals surface area contributed by atoms with Crippen molar-refractivity contribution in [2.45, 2.75) is 23.3 Å². The molecule has 0 bridgehead atoms. The van der Waals surface area contributed by atoms with Crippen LogP contribution in [0.1, 0.15) is 11.1 Å². The van der Waals surface area contributed by atoms with Crippen molar-refractivity contribution >= 4 is 41.8 Å². The van der Waals surface area contributed by atoms with Crippen molar-refractivity contribution in [1.29, 1.82) is 0 Å². The van der Waals surface area contributed by atoms with Crippen molar-refractivity contribution in [2.24, 2.45) is 0 Å². The maximum Gasteiger partial charge on any atom is 0.365 e. The molecule has 214 valence electrons. The van der Waals surface area contributed by atoms with Crippen LogP contribution in [-0.4, -0.2) is 65.2 Å². The maximum absolute atomic E-state index is 12.2. The SMILES string of the molecule is COc1cc2sc(-[n+]3nc(-c4ccc(C)cc4S(=O)(=O)O)nn3-c3ccc(OC)c(S(=O)(=O)O)c3)nc2cc1CO. The molecule has 0 aliphatic rings.